The molecule has 0 spiro atoms. The van der Waals surface area contributed by atoms with Gasteiger partial charge in [-0.15, -0.1) is 0 Å². The number of halogens is 1. The van der Waals surface area contributed by atoms with E-state index in [0.29, 0.717) is 13.0 Å². The summed E-state index contributed by atoms with van der Waals surface area (Å²) < 4.78 is 15.0. The van der Waals surface area contributed by atoms with Crippen LogP contribution >= 0.6 is 0 Å². The van der Waals surface area contributed by atoms with Gasteiger partial charge in [-0.05, 0) is 49.7 Å². The maximum atomic E-state index is 13.4. The summed E-state index contributed by atoms with van der Waals surface area (Å²) in [6.07, 6.45) is 2.49. The minimum Gasteiger partial charge on any atom is -0.330 e. The summed E-state index contributed by atoms with van der Waals surface area (Å²) in [7, 11) is 0. The van der Waals surface area contributed by atoms with Crippen LogP contribution in [0, 0.1) is 12.7 Å². The molecule has 4 heteroatoms. The van der Waals surface area contributed by atoms with Crippen LogP contribution < -0.4 is 5.73 Å². The summed E-state index contributed by atoms with van der Waals surface area (Å²) in [6.45, 7) is 2.41. The summed E-state index contributed by atoms with van der Waals surface area (Å²) in [5.41, 5.74) is 7.99. The highest BCUT2D eigenvalue weighted by atomic mass is 19.1. The van der Waals surface area contributed by atoms with Gasteiger partial charge in [0.2, 0.25) is 0 Å². The highest BCUT2D eigenvalue weighted by Gasteiger charge is 2.03. The first-order chi connectivity index (χ1) is 7.69. The smallest absolute Gasteiger partial charge is 0.125 e. The van der Waals surface area contributed by atoms with E-state index in [1.807, 2.05) is 25.3 Å². The number of nitrogens with two attached hydrogens (primary N) is 1. The highest BCUT2D eigenvalue weighted by molar-refractivity contribution is 5.36. The van der Waals surface area contributed by atoms with Crippen LogP contribution in [0.4, 0.5) is 4.39 Å². The lowest BCUT2D eigenvalue weighted by molar-refractivity contribution is 0.622. The van der Waals surface area contributed by atoms with E-state index in [9.17, 15) is 4.39 Å². The normalized spacial score (nSPS) is 10.7. The zero-order valence-electron chi connectivity index (χ0n) is 9.15. The zero-order valence-corrected chi connectivity index (χ0v) is 9.15. The van der Waals surface area contributed by atoms with Crippen molar-refractivity contribution in [2.75, 3.05) is 6.54 Å². The SMILES string of the molecule is Cc1ccn(-c2cc(F)cc(CCN)c2)n1. The molecule has 1 aromatic heterocycles. The fourth-order valence-corrected chi connectivity index (χ4v) is 1.64. The maximum absolute atomic E-state index is 13.4. The van der Waals surface area contributed by atoms with Gasteiger partial charge >= 0.3 is 0 Å². The second-order valence-electron chi connectivity index (χ2n) is 3.76. The summed E-state index contributed by atoms with van der Waals surface area (Å²) >= 11 is 0. The molecule has 0 aliphatic carbocycles. The molecule has 0 saturated carbocycles. The van der Waals surface area contributed by atoms with Crippen LogP contribution in [0.1, 0.15) is 11.3 Å². The third-order valence-electron chi connectivity index (χ3n) is 2.36. The Balaban J connectivity index is 2.40. The molecular formula is C12H14FN3. The van der Waals surface area contributed by atoms with Crippen molar-refractivity contribution >= 4 is 0 Å². The summed E-state index contributed by atoms with van der Waals surface area (Å²) in [5, 5.41) is 4.24. The molecule has 3 nitrogen and oxygen atoms in total. The average Bonchev–Trinajstić information content (AvgIpc) is 2.64. The lowest BCUT2D eigenvalue weighted by atomic mass is 10.1. The van der Waals surface area contributed by atoms with E-state index in [2.05, 4.69) is 5.10 Å². The summed E-state index contributed by atoms with van der Waals surface area (Å²) in [4.78, 5) is 0. The fraction of sp³-hybridized carbons (Fsp3) is 0.250. The van der Waals surface area contributed by atoms with Gasteiger partial charge in [-0.25, -0.2) is 9.07 Å². The van der Waals surface area contributed by atoms with Gasteiger partial charge in [0.1, 0.15) is 5.82 Å². The second kappa shape index (κ2) is 4.45. The molecule has 0 saturated heterocycles. The minimum absolute atomic E-state index is 0.255. The fourth-order valence-electron chi connectivity index (χ4n) is 1.64. The minimum atomic E-state index is -0.255. The van der Waals surface area contributed by atoms with Crippen LogP contribution in [0.25, 0.3) is 5.69 Å². The first kappa shape index (κ1) is 10.8. The Morgan fingerprint density at radius 1 is 1.38 bits per heavy atom. The van der Waals surface area contributed by atoms with E-state index in [4.69, 9.17) is 5.73 Å². The zero-order chi connectivity index (χ0) is 11.5. The van der Waals surface area contributed by atoms with E-state index in [0.717, 1.165) is 16.9 Å². The second-order valence-corrected chi connectivity index (χ2v) is 3.76. The number of hydrogen-bond acceptors (Lipinski definition) is 2. The predicted octanol–water partition coefficient (Wildman–Crippen LogP) is 1.82. The molecule has 16 heavy (non-hydrogen) atoms. The molecule has 0 amide bonds. The lowest BCUT2D eigenvalue weighted by Crippen LogP contribution is -2.04. The predicted molar refractivity (Wildman–Crippen MR) is 61.0 cm³/mol. The van der Waals surface area contributed by atoms with Crippen molar-refractivity contribution in [3.8, 4) is 5.69 Å². The van der Waals surface area contributed by atoms with Gasteiger partial charge in [-0.2, -0.15) is 5.10 Å². The summed E-state index contributed by atoms with van der Waals surface area (Å²) in [6, 6.07) is 6.76. The summed E-state index contributed by atoms with van der Waals surface area (Å²) in [5.74, 6) is -0.255. The van der Waals surface area contributed by atoms with Crippen LogP contribution in [-0.4, -0.2) is 16.3 Å². The molecule has 0 aliphatic heterocycles. The van der Waals surface area contributed by atoms with Crippen LogP contribution in [0.5, 0.6) is 0 Å². The molecule has 0 fully saturated rings. The maximum Gasteiger partial charge on any atom is 0.125 e. The van der Waals surface area contributed by atoms with Gasteiger partial charge in [-0.1, -0.05) is 0 Å². The van der Waals surface area contributed by atoms with Crippen molar-refractivity contribution in [2.24, 2.45) is 5.73 Å². The molecule has 0 radical (unpaired) electrons. The van der Waals surface area contributed by atoms with Crippen LogP contribution in [0.2, 0.25) is 0 Å². The number of aromatic nitrogens is 2. The van der Waals surface area contributed by atoms with E-state index in [1.165, 1.54) is 12.1 Å². The molecule has 0 atom stereocenters. The monoisotopic (exact) mass is 219 g/mol. The lowest BCUT2D eigenvalue weighted by Gasteiger charge is -2.05. The molecular weight excluding hydrogens is 205 g/mol. The van der Waals surface area contributed by atoms with Gasteiger partial charge in [0.05, 0.1) is 11.4 Å². The van der Waals surface area contributed by atoms with Crippen LogP contribution in [0.15, 0.2) is 30.5 Å². The van der Waals surface area contributed by atoms with Gasteiger partial charge in [0.25, 0.3) is 0 Å². The number of aryl methyl sites for hydroxylation is 1. The Kier molecular flexibility index (Phi) is 3.01. The standard InChI is InChI=1S/C12H14FN3/c1-9-3-5-16(15-9)12-7-10(2-4-14)6-11(13)8-12/h3,5-8H,2,4,14H2,1H3. The molecule has 2 aromatic rings. The topological polar surface area (TPSA) is 43.8 Å². The molecule has 0 bridgehead atoms. The van der Waals surface area contributed by atoms with E-state index in [1.54, 1.807) is 4.68 Å². The van der Waals surface area contributed by atoms with Crippen LogP contribution in [-0.2, 0) is 6.42 Å². The van der Waals surface area contributed by atoms with Crippen molar-refractivity contribution in [1.29, 1.82) is 0 Å². The van der Waals surface area contributed by atoms with Crippen molar-refractivity contribution in [1.82, 2.24) is 9.78 Å². The van der Waals surface area contributed by atoms with Gasteiger partial charge < -0.3 is 5.73 Å². The quantitative estimate of drug-likeness (QED) is 0.855. The average molecular weight is 219 g/mol. The van der Waals surface area contributed by atoms with Crippen molar-refractivity contribution in [3.05, 3.63) is 47.5 Å². The molecule has 1 aromatic carbocycles. The van der Waals surface area contributed by atoms with Gasteiger partial charge in [0.15, 0.2) is 0 Å². The molecule has 0 aliphatic rings. The Hall–Kier alpha value is -1.68. The van der Waals surface area contributed by atoms with E-state index < -0.39 is 0 Å². The first-order valence-corrected chi connectivity index (χ1v) is 5.21. The molecule has 2 rings (SSSR count). The number of rotatable bonds is 3. The third kappa shape index (κ3) is 2.28. The third-order valence-corrected chi connectivity index (χ3v) is 2.36. The molecule has 84 valence electrons. The Morgan fingerprint density at radius 2 is 2.19 bits per heavy atom. The molecule has 2 N–H and O–H groups in total. The Morgan fingerprint density at radius 3 is 2.81 bits per heavy atom. The number of nitrogens with zero attached hydrogens (tertiary/aromatic N) is 2. The Labute approximate surface area is 93.7 Å². The van der Waals surface area contributed by atoms with E-state index >= 15 is 0 Å². The van der Waals surface area contributed by atoms with Gasteiger partial charge in [-0.3, -0.25) is 0 Å². The molecule has 0 unspecified atom stereocenters. The molecule has 1 heterocycles. The number of hydrogen-bond donors (Lipinski definition) is 1. The first-order valence-electron chi connectivity index (χ1n) is 5.21. The van der Waals surface area contributed by atoms with Crippen molar-refractivity contribution in [3.63, 3.8) is 0 Å². The number of benzene rings is 1. The van der Waals surface area contributed by atoms with Crippen molar-refractivity contribution in [2.45, 2.75) is 13.3 Å². The van der Waals surface area contributed by atoms with E-state index in [-0.39, 0.29) is 5.82 Å². The van der Waals surface area contributed by atoms with Gasteiger partial charge in [0, 0.05) is 6.20 Å². The Bertz CT molecular complexity index is 491. The van der Waals surface area contributed by atoms with Crippen molar-refractivity contribution < 1.29 is 4.39 Å². The van der Waals surface area contributed by atoms with Crippen LogP contribution in [0.3, 0.4) is 0 Å². The highest BCUT2D eigenvalue weighted by Crippen LogP contribution is 2.13. The largest absolute Gasteiger partial charge is 0.330 e.